The molecule has 0 fully saturated rings. The summed E-state index contributed by atoms with van der Waals surface area (Å²) < 4.78 is 63.9. The monoisotopic (exact) mass is 356 g/mol. The molecule has 0 saturated heterocycles. The molecule has 5 nitrogen and oxygen atoms in total. The quantitative estimate of drug-likeness (QED) is 0.694. The van der Waals surface area contributed by atoms with Gasteiger partial charge in [0.2, 0.25) is 0 Å². The second-order valence-corrected chi connectivity index (χ2v) is 6.42. The third kappa shape index (κ3) is 6.04. The fourth-order valence-electron chi connectivity index (χ4n) is 1.74. The second kappa shape index (κ2) is 9.14. The van der Waals surface area contributed by atoms with Crippen LogP contribution >= 0.6 is 0 Å². The Labute approximate surface area is 137 Å². The second-order valence-electron chi connectivity index (χ2n) is 4.62. The van der Waals surface area contributed by atoms with E-state index in [1.54, 1.807) is 19.1 Å². The maximum atomic E-state index is 13.1. The summed E-state index contributed by atoms with van der Waals surface area (Å²) in [5.74, 6) is -0.175. The first kappa shape index (κ1) is 24.0. The molecular formula is C15H26F2O5S. The van der Waals surface area contributed by atoms with Gasteiger partial charge < -0.3 is 13.7 Å². The lowest BCUT2D eigenvalue weighted by Gasteiger charge is -2.18. The molecule has 0 heterocycles. The minimum absolute atomic E-state index is 0. The predicted octanol–water partition coefficient (Wildman–Crippen LogP) is 3.88. The van der Waals surface area contributed by atoms with Gasteiger partial charge in [-0.3, -0.25) is 0 Å². The molecule has 0 radical (unpaired) electrons. The first-order chi connectivity index (χ1) is 9.62. The summed E-state index contributed by atoms with van der Waals surface area (Å²) in [5.41, 5.74) is 1.52. The SMILES string of the molecule is C.C.COCc1cc(C)cc(COC)c1OS(=O)(=O)C(C)(F)F. The van der Waals surface area contributed by atoms with Crippen molar-refractivity contribution in [1.82, 2.24) is 0 Å². The third-order valence-electron chi connectivity index (χ3n) is 2.62. The Hall–Kier alpha value is -1.25. The molecule has 8 heteroatoms. The van der Waals surface area contributed by atoms with Crippen molar-refractivity contribution in [3.63, 3.8) is 0 Å². The highest BCUT2D eigenvalue weighted by Gasteiger charge is 2.42. The van der Waals surface area contributed by atoms with E-state index < -0.39 is 15.4 Å². The zero-order chi connectivity index (χ0) is 16.3. The first-order valence-electron chi connectivity index (χ1n) is 6.04. The van der Waals surface area contributed by atoms with Crippen molar-refractivity contribution >= 4 is 10.1 Å². The molecule has 0 N–H and O–H groups in total. The molecule has 23 heavy (non-hydrogen) atoms. The van der Waals surface area contributed by atoms with E-state index in [2.05, 4.69) is 4.18 Å². The summed E-state index contributed by atoms with van der Waals surface area (Å²) in [5, 5.41) is -4.01. The van der Waals surface area contributed by atoms with Gasteiger partial charge in [0.05, 0.1) is 13.2 Å². The van der Waals surface area contributed by atoms with Crippen LogP contribution in [0.2, 0.25) is 0 Å². The summed E-state index contributed by atoms with van der Waals surface area (Å²) in [6.07, 6.45) is 0. The van der Waals surface area contributed by atoms with Gasteiger partial charge in [-0.2, -0.15) is 17.2 Å². The van der Waals surface area contributed by atoms with Crippen LogP contribution in [0.1, 0.15) is 38.5 Å². The highest BCUT2D eigenvalue weighted by molar-refractivity contribution is 7.88. The largest absolute Gasteiger partial charge is 0.380 e. The number of halogens is 2. The molecule has 0 aliphatic rings. The fourth-order valence-corrected chi connectivity index (χ4v) is 2.32. The van der Waals surface area contributed by atoms with E-state index in [0.717, 1.165) is 5.56 Å². The zero-order valence-corrected chi connectivity index (χ0v) is 13.1. The van der Waals surface area contributed by atoms with Gasteiger partial charge in [-0.15, -0.1) is 0 Å². The van der Waals surface area contributed by atoms with Crippen LogP contribution in [-0.2, 0) is 32.8 Å². The van der Waals surface area contributed by atoms with Crippen molar-refractivity contribution in [2.75, 3.05) is 14.2 Å². The minimum atomic E-state index is -5.09. The van der Waals surface area contributed by atoms with Crippen LogP contribution in [0.25, 0.3) is 0 Å². The van der Waals surface area contributed by atoms with Crippen LogP contribution in [0.3, 0.4) is 0 Å². The van der Waals surface area contributed by atoms with Crippen LogP contribution in [0, 0.1) is 6.92 Å². The van der Waals surface area contributed by atoms with E-state index in [0.29, 0.717) is 11.1 Å². The van der Waals surface area contributed by atoms with Crippen molar-refractivity contribution in [2.24, 2.45) is 0 Å². The van der Waals surface area contributed by atoms with Gasteiger partial charge in [0.15, 0.2) is 5.75 Å². The lowest BCUT2D eigenvalue weighted by molar-refractivity contribution is 0.103. The first-order valence-corrected chi connectivity index (χ1v) is 7.45. The van der Waals surface area contributed by atoms with E-state index in [-0.39, 0.29) is 40.7 Å². The van der Waals surface area contributed by atoms with Gasteiger partial charge in [0.1, 0.15) is 0 Å². The Morgan fingerprint density at radius 2 is 1.43 bits per heavy atom. The molecule has 1 aromatic carbocycles. The number of rotatable bonds is 7. The Balaban J connectivity index is 0. The van der Waals surface area contributed by atoms with E-state index in [4.69, 9.17) is 9.47 Å². The van der Waals surface area contributed by atoms with Crippen LogP contribution in [-0.4, -0.2) is 27.9 Å². The van der Waals surface area contributed by atoms with Crippen LogP contribution in [0.4, 0.5) is 8.78 Å². The normalized spacial score (nSPS) is 11.4. The van der Waals surface area contributed by atoms with Crippen molar-refractivity contribution < 1.29 is 30.9 Å². The van der Waals surface area contributed by atoms with Gasteiger partial charge in [-0.05, 0) is 19.1 Å². The van der Waals surface area contributed by atoms with Crippen molar-refractivity contribution in [1.29, 1.82) is 0 Å². The number of aryl methyl sites for hydroxylation is 1. The zero-order valence-electron chi connectivity index (χ0n) is 12.3. The molecule has 0 aliphatic carbocycles. The number of hydrogen-bond donors (Lipinski definition) is 0. The molecule has 136 valence electrons. The Morgan fingerprint density at radius 1 is 1.04 bits per heavy atom. The number of methoxy groups -OCH3 is 2. The van der Waals surface area contributed by atoms with E-state index in [9.17, 15) is 17.2 Å². The number of benzene rings is 1. The van der Waals surface area contributed by atoms with E-state index in [1.165, 1.54) is 14.2 Å². The standard InChI is InChI=1S/C13H18F2O5S.2CH4/c1-9-5-10(7-18-3)12(11(6-9)8-19-4)20-21(16,17)13(2,14)15;;/h5-6H,7-8H2,1-4H3;2*1H4. The van der Waals surface area contributed by atoms with E-state index >= 15 is 0 Å². The number of ether oxygens (including phenoxy) is 2. The average molecular weight is 356 g/mol. The van der Waals surface area contributed by atoms with Crippen LogP contribution < -0.4 is 4.18 Å². The number of hydrogen-bond acceptors (Lipinski definition) is 5. The molecule has 1 rings (SSSR count). The predicted molar refractivity (Wildman–Crippen MR) is 86.2 cm³/mol. The van der Waals surface area contributed by atoms with E-state index in [1.807, 2.05) is 0 Å². The lowest BCUT2D eigenvalue weighted by atomic mass is 10.1. The van der Waals surface area contributed by atoms with Gasteiger partial charge >= 0.3 is 15.4 Å². The molecular weight excluding hydrogens is 330 g/mol. The maximum absolute atomic E-state index is 13.1. The summed E-state index contributed by atoms with van der Waals surface area (Å²) in [6, 6.07) is 3.22. The van der Waals surface area contributed by atoms with Crippen molar-refractivity contribution in [3.05, 3.63) is 28.8 Å². The summed E-state index contributed by atoms with van der Waals surface area (Å²) in [7, 11) is -2.27. The summed E-state index contributed by atoms with van der Waals surface area (Å²) in [4.78, 5) is 0. The van der Waals surface area contributed by atoms with Gasteiger partial charge in [0, 0.05) is 32.3 Å². The molecule has 0 amide bonds. The van der Waals surface area contributed by atoms with Crippen molar-refractivity contribution in [3.8, 4) is 5.75 Å². The lowest BCUT2D eigenvalue weighted by Crippen LogP contribution is -2.30. The molecule has 0 aliphatic heterocycles. The van der Waals surface area contributed by atoms with Crippen molar-refractivity contribution in [2.45, 2.75) is 47.2 Å². The molecule has 0 spiro atoms. The Bertz CT molecular complexity index is 567. The molecule has 0 unspecified atom stereocenters. The topological polar surface area (TPSA) is 61.8 Å². The van der Waals surface area contributed by atoms with Gasteiger partial charge in [-0.1, -0.05) is 20.4 Å². The molecule has 0 aromatic heterocycles. The Kier molecular flexibility index (Phi) is 9.55. The maximum Gasteiger partial charge on any atom is 0.377 e. The minimum Gasteiger partial charge on any atom is -0.380 e. The van der Waals surface area contributed by atoms with Crippen LogP contribution in [0.5, 0.6) is 5.75 Å². The average Bonchev–Trinajstić information content (AvgIpc) is 2.32. The molecule has 0 atom stereocenters. The molecule has 0 saturated carbocycles. The van der Waals surface area contributed by atoms with Gasteiger partial charge in [0.25, 0.3) is 0 Å². The molecule has 0 bridgehead atoms. The summed E-state index contributed by atoms with van der Waals surface area (Å²) in [6.45, 7) is 2.10. The molecule has 1 aromatic rings. The summed E-state index contributed by atoms with van der Waals surface area (Å²) >= 11 is 0. The highest BCUT2D eigenvalue weighted by Crippen LogP contribution is 2.32. The smallest absolute Gasteiger partial charge is 0.377 e. The fraction of sp³-hybridized carbons (Fsp3) is 0.600. The third-order valence-corrected chi connectivity index (χ3v) is 3.88. The van der Waals surface area contributed by atoms with Gasteiger partial charge in [-0.25, -0.2) is 0 Å². The van der Waals surface area contributed by atoms with Crippen LogP contribution in [0.15, 0.2) is 12.1 Å². The Morgan fingerprint density at radius 3 is 1.74 bits per heavy atom. The highest BCUT2D eigenvalue weighted by atomic mass is 32.2. The number of alkyl halides is 2.